The quantitative estimate of drug-likeness (QED) is 0.399. The van der Waals surface area contributed by atoms with Gasteiger partial charge in [0.2, 0.25) is 0 Å². The third kappa shape index (κ3) is 5.79. The number of benzene rings is 3. The molecule has 2 unspecified atom stereocenters. The van der Waals surface area contributed by atoms with E-state index in [2.05, 4.69) is 20.2 Å². The Labute approximate surface area is 208 Å². The van der Waals surface area contributed by atoms with Gasteiger partial charge >= 0.3 is 0 Å². The van der Waals surface area contributed by atoms with Gasteiger partial charge in [-0.2, -0.15) is 0 Å². The van der Waals surface area contributed by atoms with Gasteiger partial charge in [0.1, 0.15) is 24.3 Å². The first-order valence-corrected chi connectivity index (χ1v) is 12.0. The summed E-state index contributed by atoms with van der Waals surface area (Å²) < 4.78 is 11.8. The summed E-state index contributed by atoms with van der Waals surface area (Å²) in [5, 5.41) is 3.66. The predicted molar refractivity (Wildman–Crippen MR) is 137 cm³/mol. The maximum atomic E-state index is 13.2. The lowest BCUT2D eigenvalue weighted by molar-refractivity contribution is -0.139. The van der Waals surface area contributed by atoms with Gasteiger partial charge in [0.15, 0.2) is 0 Å². The second kappa shape index (κ2) is 11.2. The van der Waals surface area contributed by atoms with Crippen molar-refractivity contribution in [3.05, 3.63) is 107 Å². The van der Waals surface area contributed by atoms with E-state index in [0.29, 0.717) is 49.6 Å². The first-order valence-electron chi connectivity index (χ1n) is 12.0. The van der Waals surface area contributed by atoms with Crippen molar-refractivity contribution >= 4 is 16.8 Å². The Morgan fingerprint density at radius 1 is 1.06 bits per heavy atom. The van der Waals surface area contributed by atoms with E-state index in [-0.39, 0.29) is 17.5 Å². The van der Waals surface area contributed by atoms with Crippen LogP contribution >= 0.6 is 0 Å². The van der Waals surface area contributed by atoms with E-state index in [1.807, 2.05) is 78.9 Å². The number of aromatic nitrogens is 2. The maximum Gasteiger partial charge on any atom is 0.258 e. The number of amides is 1. The monoisotopic (exact) mass is 484 g/mol. The first kappa shape index (κ1) is 23.7. The summed E-state index contributed by atoms with van der Waals surface area (Å²) in [5.41, 5.74) is 1.44. The van der Waals surface area contributed by atoms with Crippen LogP contribution in [0.25, 0.3) is 10.9 Å². The fourth-order valence-corrected chi connectivity index (χ4v) is 4.29. The van der Waals surface area contributed by atoms with Gasteiger partial charge in [-0.25, -0.2) is 4.98 Å². The van der Waals surface area contributed by atoms with Crippen LogP contribution < -0.4 is 15.6 Å². The summed E-state index contributed by atoms with van der Waals surface area (Å²) >= 11 is 0. The van der Waals surface area contributed by atoms with E-state index < -0.39 is 6.10 Å². The topological polar surface area (TPSA) is 96.5 Å². The average molecular weight is 485 g/mol. The number of hydrogen-bond acceptors (Lipinski definition) is 6. The number of carbonyl (C=O) groups excluding carboxylic acids is 1. The van der Waals surface area contributed by atoms with Gasteiger partial charge in [-0.05, 0) is 29.8 Å². The van der Waals surface area contributed by atoms with Gasteiger partial charge in [-0.1, -0.05) is 60.7 Å². The lowest BCUT2D eigenvalue weighted by atomic mass is 10.1. The molecule has 1 aromatic heterocycles. The van der Waals surface area contributed by atoms with E-state index >= 15 is 0 Å². The van der Waals surface area contributed by atoms with Crippen LogP contribution in [-0.2, 0) is 16.1 Å². The highest BCUT2D eigenvalue weighted by Gasteiger charge is 2.29. The molecule has 1 aliphatic rings. The van der Waals surface area contributed by atoms with Crippen LogP contribution in [0.3, 0.4) is 0 Å². The van der Waals surface area contributed by atoms with Gasteiger partial charge in [-0.15, -0.1) is 0 Å². The summed E-state index contributed by atoms with van der Waals surface area (Å²) in [6.07, 6.45) is -0.645. The summed E-state index contributed by atoms with van der Waals surface area (Å²) in [6, 6.07) is 26.2. The van der Waals surface area contributed by atoms with E-state index in [9.17, 15) is 9.59 Å². The number of nitrogens with one attached hydrogen (secondary N) is 2. The number of nitrogens with zero attached hydrogens (tertiary/aromatic N) is 2. The van der Waals surface area contributed by atoms with E-state index in [1.54, 1.807) is 6.07 Å². The van der Waals surface area contributed by atoms with Gasteiger partial charge in [0.25, 0.3) is 11.5 Å². The summed E-state index contributed by atoms with van der Waals surface area (Å²) in [4.78, 5) is 35.2. The lowest BCUT2D eigenvalue weighted by Gasteiger charge is -2.32. The Hall–Kier alpha value is -4.01. The zero-order chi connectivity index (χ0) is 24.7. The van der Waals surface area contributed by atoms with Gasteiger partial charge in [0.05, 0.1) is 30.1 Å². The Bertz CT molecular complexity index is 1360. The van der Waals surface area contributed by atoms with Crippen LogP contribution in [0.15, 0.2) is 89.7 Å². The number of aromatic amines is 1. The molecule has 0 aliphatic carbocycles. The largest absolute Gasteiger partial charge is 0.491 e. The fourth-order valence-electron chi connectivity index (χ4n) is 4.29. The SMILES string of the molecule is O=C(NC(COc1ccccc1)c1ccccc1)C1CN(Cc2nc3ccccc3c(=O)[nH]2)CCO1. The predicted octanol–water partition coefficient (Wildman–Crippen LogP) is 3.06. The van der Waals surface area contributed by atoms with Crippen molar-refractivity contribution in [2.45, 2.75) is 18.7 Å². The average Bonchev–Trinajstić information content (AvgIpc) is 2.92. The number of rotatable bonds is 8. The number of fused-ring (bicyclic) bond motifs is 1. The molecule has 8 heteroatoms. The molecule has 1 saturated heterocycles. The van der Waals surface area contributed by atoms with Crippen molar-refractivity contribution in [3.63, 3.8) is 0 Å². The smallest absolute Gasteiger partial charge is 0.258 e. The van der Waals surface area contributed by atoms with Crippen LogP contribution in [0.2, 0.25) is 0 Å². The normalized spacial score (nSPS) is 16.9. The fraction of sp³-hybridized carbons (Fsp3) is 0.250. The molecule has 1 fully saturated rings. The minimum Gasteiger partial charge on any atom is -0.491 e. The second-order valence-corrected chi connectivity index (χ2v) is 8.72. The van der Waals surface area contributed by atoms with E-state index in [4.69, 9.17) is 9.47 Å². The maximum absolute atomic E-state index is 13.2. The zero-order valence-electron chi connectivity index (χ0n) is 19.8. The molecule has 1 amide bonds. The lowest BCUT2D eigenvalue weighted by Crippen LogP contribution is -2.50. The number of H-pyrrole nitrogens is 1. The third-order valence-corrected chi connectivity index (χ3v) is 6.16. The molecule has 184 valence electrons. The molecule has 0 spiro atoms. The number of hydrogen-bond donors (Lipinski definition) is 2. The van der Waals surface area contributed by atoms with E-state index in [1.165, 1.54) is 0 Å². The molecule has 8 nitrogen and oxygen atoms in total. The number of para-hydroxylation sites is 2. The summed E-state index contributed by atoms with van der Waals surface area (Å²) in [6.45, 7) is 2.15. The Balaban J connectivity index is 1.25. The molecular weight excluding hydrogens is 456 g/mol. The van der Waals surface area contributed by atoms with Crippen molar-refractivity contribution < 1.29 is 14.3 Å². The van der Waals surface area contributed by atoms with Crippen molar-refractivity contribution in [3.8, 4) is 5.75 Å². The molecule has 4 aromatic rings. The molecule has 5 rings (SSSR count). The minimum absolute atomic E-state index is 0.165. The Morgan fingerprint density at radius 2 is 1.78 bits per heavy atom. The van der Waals surface area contributed by atoms with Gasteiger partial charge in [-0.3, -0.25) is 14.5 Å². The number of carbonyl (C=O) groups is 1. The highest BCUT2D eigenvalue weighted by Crippen LogP contribution is 2.18. The standard InChI is InChI=1S/C28H28N4O4/c33-27-22-13-7-8-14-23(22)29-26(31-27)18-32-15-16-35-25(17-32)28(34)30-24(20-9-3-1-4-10-20)19-36-21-11-5-2-6-12-21/h1-14,24-25H,15-19H2,(H,30,34)(H,29,31,33). The van der Waals surface area contributed by atoms with Gasteiger partial charge in [0, 0.05) is 13.1 Å². The van der Waals surface area contributed by atoms with E-state index in [0.717, 1.165) is 11.3 Å². The molecule has 2 N–H and O–H groups in total. The molecule has 36 heavy (non-hydrogen) atoms. The molecule has 2 atom stereocenters. The van der Waals surface area contributed by atoms with Crippen LogP contribution in [-0.4, -0.2) is 53.2 Å². The molecule has 0 bridgehead atoms. The Morgan fingerprint density at radius 3 is 2.58 bits per heavy atom. The van der Waals surface area contributed by atoms with Crippen LogP contribution in [0, 0.1) is 0 Å². The number of morpholine rings is 1. The van der Waals surface area contributed by atoms with Crippen molar-refractivity contribution in [2.24, 2.45) is 0 Å². The minimum atomic E-state index is -0.645. The molecule has 0 saturated carbocycles. The highest BCUT2D eigenvalue weighted by atomic mass is 16.5. The van der Waals surface area contributed by atoms with Gasteiger partial charge < -0.3 is 19.8 Å². The second-order valence-electron chi connectivity index (χ2n) is 8.72. The first-order chi connectivity index (χ1) is 17.7. The molecule has 0 radical (unpaired) electrons. The van der Waals surface area contributed by atoms with Crippen LogP contribution in [0.4, 0.5) is 0 Å². The van der Waals surface area contributed by atoms with Crippen LogP contribution in [0.1, 0.15) is 17.4 Å². The van der Waals surface area contributed by atoms with Crippen molar-refractivity contribution in [2.75, 3.05) is 26.3 Å². The van der Waals surface area contributed by atoms with Crippen molar-refractivity contribution in [1.82, 2.24) is 20.2 Å². The molecule has 2 heterocycles. The highest BCUT2D eigenvalue weighted by molar-refractivity contribution is 5.81. The van der Waals surface area contributed by atoms with Crippen LogP contribution in [0.5, 0.6) is 5.75 Å². The Kier molecular flexibility index (Phi) is 7.35. The summed E-state index contributed by atoms with van der Waals surface area (Å²) in [5.74, 6) is 1.10. The summed E-state index contributed by atoms with van der Waals surface area (Å²) in [7, 11) is 0. The molecular formula is C28H28N4O4. The molecule has 3 aromatic carbocycles. The molecule has 1 aliphatic heterocycles. The zero-order valence-corrected chi connectivity index (χ0v) is 19.8. The number of ether oxygens (including phenoxy) is 2. The third-order valence-electron chi connectivity index (χ3n) is 6.16. The van der Waals surface area contributed by atoms with Crippen molar-refractivity contribution in [1.29, 1.82) is 0 Å².